The molecular formula is C15H17ClN2O. The van der Waals surface area contributed by atoms with Crippen LogP contribution in [-0.4, -0.2) is 17.1 Å². The van der Waals surface area contributed by atoms with E-state index in [2.05, 4.69) is 16.9 Å². The van der Waals surface area contributed by atoms with E-state index in [9.17, 15) is 0 Å². The quantitative estimate of drug-likeness (QED) is 0.801. The summed E-state index contributed by atoms with van der Waals surface area (Å²) in [5.74, 6) is 1.57. The summed E-state index contributed by atoms with van der Waals surface area (Å²) in [5.41, 5.74) is 3.03. The van der Waals surface area contributed by atoms with E-state index in [4.69, 9.17) is 16.3 Å². The van der Waals surface area contributed by atoms with Gasteiger partial charge in [0.1, 0.15) is 16.7 Å². The first-order valence-electron chi connectivity index (χ1n) is 6.29. The summed E-state index contributed by atoms with van der Waals surface area (Å²) in [6.45, 7) is 4.02. The Morgan fingerprint density at radius 2 is 1.95 bits per heavy atom. The van der Waals surface area contributed by atoms with Crippen LogP contribution in [0.4, 0.5) is 0 Å². The molecule has 1 heterocycles. The van der Waals surface area contributed by atoms with Gasteiger partial charge in [0.25, 0.3) is 0 Å². The van der Waals surface area contributed by atoms with Crippen molar-refractivity contribution in [2.45, 2.75) is 26.7 Å². The molecule has 0 saturated carbocycles. The van der Waals surface area contributed by atoms with Crippen LogP contribution in [0.1, 0.15) is 29.6 Å². The first-order valence-corrected chi connectivity index (χ1v) is 6.67. The molecule has 1 aromatic carbocycles. The van der Waals surface area contributed by atoms with Gasteiger partial charge in [0, 0.05) is 23.2 Å². The van der Waals surface area contributed by atoms with Gasteiger partial charge in [-0.1, -0.05) is 36.7 Å². The van der Waals surface area contributed by atoms with Crippen molar-refractivity contribution in [3.8, 4) is 5.75 Å². The third kappa shape index (κ3) is 3.04. The molecule has 1 aromatic heterocycles. The number of halogens is 1. The first kappa shape index (κ1) is 13.8. The minimum Gasteiger partial charge on any atom is -0.496 e. The topological polar surface area (TPSA) is 35.0 Å². The fraction of sp³-hybridized carbons (Fsp3) is 0.333. The molecule has 2 rings (SSSR count). The highest BCUT2D eigenvalue weighted by atomic mass is 35.5. The van der Waals surface area contributed by atoms with Crippen LogP contribution >= 0.6 is 11.6 Å². The number of methoxy groups -OCH3 is 1. The molecule has 0 unspecified atom stereocenters. The molecule has 0 fully saturated rings. The van der Waals surface area contributed by atoms with Crippen molar-refractivity contribution >= 4 is 11.6 Å². The van der Waals surface area contributed by atoms with Gasteiger partial charge in [-0.05, 0) is 19.4 Å². The van der Waals surface area contributed by atoms with Crippen LogP contribution in [0.25, 0.3) is 0 Å². The second-order valence-corrected chi connectivity index (χ2v) is 4.69. The zero-order valence-corrected chi connectivity index (χ0v) is 12.2. The zero-order chi connectivity index (χ0) is 13.8. The standard InChI is InChI=1S/C15H17ClN2O/c1-4-12-10(2)17-14(18-15(12)16)9-11-7-5-6-8-13(11)19-3/h5-8H,4,9H2,1-3H3. The molecule has 0 N–H and O–H groups in total. The van der Waals surface area contributed by atoms with Gasteiger partial charge in [-0.15, -0.1) is 0 Å². The molecule has 0 aliphatic heterocycles. The number of ether oxygens (including phenoxy) is 1. The SMILES string of the molecule is CCc1c(C)nc(Cc2ccccc2OC)nc1Cl. The van der Waals surface area contributed by atoms with E-state index in [1.807, 2.05) is 31.2 Å². The molecule has 0 spiro atoms. The molecule has 0 aliphatic carbocycles. The summed E-state index contributed by atoms with van der Waals surface area (Å²) in [7, 11) is 1.66. The van der Waals surface area contributed by atoms with Crippen molar-refractivity contribution in [1.29, 1.82) is 0 Å². The maximum atomic E-state index is 6.19. The summed E-state index contributed by atoms with van der Waals surface area (Å²) in [4.78, 5) is 8.90. The third-order valence-corrected chi connectivity index (χ3v) is 3.42. The van der Waals surface area contributed by atoms with Crippen LogP contribution < -0.4 is 4.74 Å². The Labute approximate surface area is 118 Å². The summed E-state index contributed by atoms with van der Waals surface area (Å²) >= 11 is 6.19. The van der Waals surface area contributed by atoms with Gasteiger partial charge < -0.3 is 4.74 Å². The van der Waals surface area contributed by atoms with E-state index in [0.717, 1.165) is 34.8 Å². The third-order valence-electron chi connectivity index (χ3n) is 3.10. The maximum Gasteiger partial charge on any atom is 0.136 e. The van der Waals surface area contributed by atoms with Crippen molar-refractivity contribution in [1.82, 2.24) is 9.97 Å². The fourth-order valence-corrected chi connectivity index (χ4v) is 2.48. The van der Waals surface area contributed by atoms with Gasteiger partial charge in [-0.3, -0.25) is 0 Å². The smallest absolute Gasteiger partial charge is 0.136 e. The first-order chi connectivity index (χ1) is 9.15. The molecular weight excluding hydrogens is 260 g/mol. The van der Waals surface area contributed by atoms with Gasteiger partial charge in [0.2, 0.25) is 0 Å². The average Bonchev–Trinajstić information content (AvgIpc) is 2.39. The maximum absolute atomic E-state index is 6.19. The Bertz CT molecular complexity index is 561. The predicted molar refractivity (Wildman–Crippen MR) is 77.0 cm³/mol. The summed E-state index contributed by atoms with van der Waals surface area (Å²) in [5, 5.41) is 0.555. The largest absolute Gasteiger partial charge is 0.496 e. The van der Waals surface area contributed by atoms with Crippen LogP contribution in [0.15, 0.2) is 24.3 Å². The number of benzene rings is 1. The monoisotopic (exact) mass is 276 g/mol. The van der Waals surface area contributed by atoms with Gasteiger partial charge >= 0.3 is 0 Å². The summed E-state index contributed by atoms with van der Waals surface area (Å²) in [6, 6.07) is 7.87. The molecule has 3 nitrogen and oxygen atoms in total. The lowest BCUT2D eigenvalue weighted by atomic mass is 10.1. The Balaban J connectivity index is 2.34. The van der Waals surface area contributed by atoms with E-state index >= 15 is 0 Å². The number of para-hydroxylation sites is 1. The molecule has 0 bridgehead atoms. The lowest BCUT2D eigenvalue weighted by Crippen LogP contribution is -2.04. The Kier molecular flexibility index (Phi) is 4.38. The van der Waals surface area contributed by atoms with Crippen molar-refractivity contribution in [2.75, 3.05) is 7.11 Å². The number of aryl methyl sites for hydroxylation is 1. The Morgan fingerprint density at radius 3 is 2.58 bits per heavy atom. The van der Waals surface area contributed by atoms with E-state index < -0.39 is 0 Å². The highest BCUT2D eigenvalue weighted by Crippen LogP contribution is 2.22. The molecule has 0 saturated heterocycles. The lowest BCUT2D eigenvalue weighted by molar-refractivity contribution is 0.410. The highest BCUT2D eigenvalue weighted by molar-refractivity contribution is 6.30. The van der Waals surface area contributed by atoms with Crippen LogP contribution in [0.5, 0.6) is 5.75 Å². The highest BCUT2D eigenvalue weighted by Gasteiger charge is 2.10. The van der Waals surface area contributed by atoms with Crippen molar-refractivity contribution in [3.63, 3.8) is 0 Å². The summed E-state index contributed by atoms with van der Waals surface area (Å²) < 4.78 is 5.33. The number of hydrogen-bond acceptors (Lipinski definition) is 3. The van der Waals surface area contributed by atoms with E-state index in [-0.39, 0.29) is 0 Å². The molecule has 2 aromatic rings. The number of aromatic nitrogens is 2. The van der Waals surface area contributed by atoms with E-state index in [1.54, 1.807) is 7.11 Å². The van der Waals surface area contributed by atoms with Gasteiger partial charge in [-0.2, -0.15) is 0 Å². The van der Waals surface area contributed by atoms with Crippen LogP contribution in [0, 0.1) is 6.92 Å². The predicted octanol–water partition coefficient (Wildman–Crippen LogP) is 3.60. The molecule has 4 heteroatoms. The van der Waals surface area contributed by atoms with Gasteiger partial charge in [-0.25, -0.2) is 9.97 Å². The van der Waals surface area contributed by atoms with Crippen molar-refractivity contribution < 1.29 is 4.74 Å². The number of rotatable bonds is 4. The minimum atomic E-state index is 0.555. The van der Waals surface area contributed by atoms with Crippen LogP contribution in [-0.2, 0) is 12.8 Å². The lowest BCUT2D eigenvalue weighted by Gasteiger charge is -2.10. The van der Waals surface area contributed by atoms with Gasteiger partial charge in [0.05, 0.1) is 7.11 Å². The zero-order valence-electron chi connectivity index (χ0n) is 11.4. The van der Waals surface area contributed by atoms with Crippen molar-refractivity contribution in [2.24, 2.45) is 0 Å². The molecule has 100 valence electrons. The Morgan fingerprint density at radius 1 is 1.21 bits per heavy atom. The van der Waals surface area contributed by atoms with Crippen LogP contribution in [0.2, 0.25) is 5.15 Å². The number of nitrogens with zero attached hydrogens (tertiary/aromatic N) is 2. The number of hydrogen-bond donors (Lipinski definition) is 0. The minimum absolute atomic E-state index is 0.555. The van der Waals surface area contributed by atoms with Gasteiger partial charge in [0.15, 0.2) is 0 Å². The van der Waals surface area contributed by atoms with E-state index in [1.165, 1.54) is 0 Å². The molecule has 0 atom stereocenters. The van der Waals surface area contributed by atoms with Crippen LogP contribution in [0.3, 0.4) is 0 Å². The Hall–Kier alpha value is -1.61. The summed E-state index contributed by atoms with van der Waals surface area (Å²) in [6.07, 6.45) is 1.47. The normalized spacial score (nSPS) is 10.5. The van der Waals surface area contributed by atoms with Crippen molar-refractivity contribution in [3.05, 3.63) is 52.1 Å². The van der Waals surface area contributed by atoms with E-state index in [0.29, 0.717) is 11.6 Å². The second kappa shape index (κ2) is 6.02. The average molecular weight is 277 g/mol. The molecule has 0 radical (unpaired) electrons. The second-order valence-electron chi connectivity index (χ2n) is 4.34. The molecule has 0 amide bonds. The molecule has 0 aliphatic rings. The molecule has 19 heavy (non-hydrogen) atoms. The fourth-order valence-electron chi connectivity index (χ4n) is 2.12.